The summed E-state index contributed by atoms with van der Waals surface area (Å²) in [6.45, 7) is 2.15. The third kappa shape index (κ3) is 3.23. The summed E-state index contributed by atoms with van der Waals surface area (Å²) in [6.07, 6.45) is 0. The maximum atomic E-state index is 13.7. The van der Waals surface area contributed by atoms with Gasteiger partial charge >= 0.3 is 0 Å². The first-order valence-corrected chi connectivity index (χ1v) is 6.03. The first-order valence-electron chi connectivity index (χ1n) is 6.03. The van der Waals surface area contributed by atoms with Crippen molar-refractivity contribution in [2.45, 2.75) is 13.5 Å². The summed E-state index contributed by atoms with van der Waals surface area (Å²) in [7, 11) is 0. The standard InChI is InChI=1S/C15H15FO3/c1-2-18-12-6-4-7-13(9-12)19-15-11(10-17)5-3-8-14(15)16/h3-9,17H,2,10H2,1H3. The molecule has 0 bridgehead atoms. The molecular formula is C15H15FO3. The fraction of sp³-hybridized carbons (Fsp3) is 0.200. The third-order valence-corrected chi connectivity index (χ3v) is 2.56. The molecule has 2 aromatic carbocycles. The minimum atomic E-state index is -0.506. The van der Waals surface area contributed by atoms with Crippen molar-refractivity contribution in [2.75, 3.05) is 6.61 Å². The molecule has 0 amide bonds. The topological polar surface area (TPSA) is 38.7 Å². The third-order valence-electron chi connectivity index (χ3n) is 2.56. The van der Waals surface area contributed by atoms with E-state index in [1.807, 2.05) is 6.92 Å². The van der Waals surface area contributed by atoms with Crippen LogP contribution in [0.3, 0.4) is 0 Å². The Hall–Kier alpha value is -2.07. The summed E-state index contributed by atoms with van der Waals surface area (Å²) in [6, 6.07) is 11.4. The number of rotatable bonds is 5. The van der Waals surface area contributed by atoms with Gasteiger partial charge in [0.15, 0.2) is 11.6 Å². The molecule has 3 nitrogen and oxygen atoms in total. The molecule has 0 radical (unpaired) electrons. The Morgan fingerprint density at radius 3 is 2.58 bits per heavy atom. The Balaban J connectivity index is 2.28. The number of hydrogen-bond donors (Lipinski definition) is 1. The molecule has 0 heterocycles. The summed E-state index contributed by atoms with van der Waals surface area (Å²) >= 11 is 0. The fourth-order valence-corrected chi connectivity index (χ4v) is 1.70. The average Bonchev–Trinajstić information content (AvgIpc) is 2.42. The quantitative estimate of drug-likeness (QED) is 0.896. The van der Waals surface area contributed by atoms with Crippen LogP contribution in [0.2, 0.25) is 0 Å². The van der Waals surface area contributed by atoms with Crippen molar-refractivity contribution in [2.24, 2.45) is 0 Å². The molecular weight excluding hydrogens is 247 g/mol. The molecule has 19 heavy (non-hydrogen) atoms. The normalized spacial score (nSPS) is 10.3. The summed E-state index contributed by atoms with van der Waals surface area (Å²) in [5, 5.41) is 9.19. The van der Waals surface area contributed by atoms with Gasteiger partial charge in [0.05, 0.1) is 13.2 Å². The Morgan fingerprint density at radius 2 is 1.84 bits per heavy atom. The molecule has 0 atom stereocenters. The molecule has 0 saturated heterocycles. The van der Waals surface area contributed by atoms with Crippen LogP contribution in [0, 0.1) is 5.82 Å². The van der Waals surface area contributed by atoms with E-state index in [-0.39, 0.29) is 12.4 Å². The SMILES string of the molecule is CCOc1cccc(Oc2c(F)cccc2CO)c1. The number of hydrogen-bond acceptors (Lipinski definition) is 3. The number of halogens is 1. The first kappa shape index (κ1) is 13.4. The summed E-state index contributed by atoms with van der Waals surface area (Å²) in [4.78, 5) is 0. The van der Waals surface area contributed by atoms with Gasteiger partial charge in [-0.2, -0.15) is 0 Å². The maximum absolute atomic E-state index is 13.7. The zero-order valence-corrected chi connectivity index (χ0v) is 10.6. The van der Waals surface area contributed by atoms with Crippen LogP contribution >= 0.6 is 0 Å². The highest BCUT2D eigenvalue weighted by Gasteiger charge is 2.10. The highest BCUT2D eigenvalue weighted by Crippen LogP contribution is 2.30. The number of para-hydroxylation sites is 1. The molecule has 0 aromatic heterocycles. The molecule has 4 heteroatoms. The van der Waals surface area contributed by atoms with Crippen molar-refractivity contribution >= 4 is 0 Å². The van der Waals surface area contributed by atoms with Crippen LogP contribution in [0.25, 0.3) is 0 Å². The second kappa shape index (κ2) is 6.20. The van der Waals surface area contributed by atoms with Crippen LogP contribution in [0.5, 0.6) is 17.2 Å². The number of aliphatic hydroxyl groups is 1. The van der Waals surface area contributed by atoms with Gasteiger partial charge in [-0.25, -0.2) is 4.39 Å². The first-order chi connectivity index (χ1) is 9.24. The number of benzene rings is 2. The van der Waals surface area contributed by atoms with Gasteiger partial charge in [0, 0.05) is 11.6 Å². The van der Waals surface area contributed by atoms with Gasteiger partial charge in [-0.05, 0) is 25.1 Å². The molecule has 1 N–H and O–H groups in total. The molecule has 2 aromatic rings. The summed E-state index contributed by atoms with van der Waals surface area (Å²) < 4.78 is 24.6. The van der Waals surface area contributed by atoms with E-state index >= 15 is 0 Å². The molecule has 0 unspecified atom stereocenters. The van der Waals surface area contributed by atoms with E-state index in [4.69, 9.17) is 9.47 Å². The molecule has 0 fully saturated rings. The number of aliphatic hydroxyl groups excluding tert-OH is 1. The lowest BCUT2D eigenvalue weighted by Crippen LogP contribution is -1.96. The summed E-state index contributed by atoms with van der Waals surface area (Å²) in [5.74, 6) is 0.652. The van der Waals surface area contributed by atoms with Gasteiger partial charge in [-0.15, -0.1) is 0 Å². The second-order valence-electron chi connectivity index (χ2n) is 3.90. The largest absolute Gasteiger partial charge is 0.494 e. The van der Waals surface area contributed by atoms with Crippen LogP contribution in [0.4, 0.5) is 4.39 Å². The minimum Gasteiger partial charge on any atom is -0.494 e. The van der Waals surface area contributed by atoms with Crippen molar-refractivity contribution in [3.05, 3.63) is 53.8 Å². The molecule has 0 saturated carbocycles. The van der Waals surface area contributed by atoms with Gasteiger partial charge in [-0.3, -0.25) is 0 Å². The van der Waals surface area contributed by atoms with Crippen LogP contribution in [0.1, 0.15) is 12.5 Å². The van der Waals surface area contributed by atoms with Crippen molar-refractivity contribution in [1.29, 1.82) is 0 Å². The van der Waals surface area contributed by atoms with Gasteiger partial charge < -0.3 is 14.6 Å². The highest BCUT2D eigenvalue weighted by atomic mass is 19.1. The van der Waals surface area contributed by atoms with Crippen LogP contribution in [-0.2, 0) is 6.61 Å². The van der Waals surface area contributed by atoms with Crippen molar-refractivity contribution in [1.82, 2.24) is 0 Å². The van der Waals surface area contributed by atoms with Crippen molar-refractivity contribution in [3.8, 4) is 17.2 Å². The molecule has 0 aliphatic carbocycles. The van der Waals surface area contributed by atoms with E-state index in [1.165, 1.54) is 12.1 Å². The zero-order valence-electron chi connectivity index (χ0n) is 10.6. The van der Waals surface area contributed by atoms with Crippen LogP contribution < -0.4 is 9.47 Å². The minimum absolute atomic E-state index is 0.0404. The highest BCUT2D eigenvalue weighted by molar-refractivity contribution is 5.41. The van der Waals surface area contributed by atoms with Gasteiger partial charge in [0.2, 0.25) is 0 Å². The smallest absolute Gasteiger partial charge is 0.168 e. The van der Waals surface area contributed by atoms with Gasteiger partial charge in [0.1, 0.15) is 11.5 Å². The second-order valence-corrected chi connectivity index (χ2v) is 3.90. The lowest BCUT2D eigenvalue weighted by atomic mass is 10.2. The maximum Gasteiger partial charge on any atom is 0.168 e. The van der Waals surface area contributed by atoms with E-state index < -0.39 is 5.82 Å². The Labute approximate surface area is 111 Å². The van der Waals surface area contributed by atoms with Crippen LogP contribution in [0.15, 0.2) is 42.5 Å². The summed E-state index contributed by atoms with van der Waals surface area (Å²) in [5.41, 5.74) is 0.404. The molecule has 0 aliphatic rings. The van der Waals surface area contributed by atoms with Gasteiger partial charge in [0.25, 0.3) is 0 Å². The predicted octanol–water partition coefficient (Wildman–Crippen LogP) is 3.51. The van der Waals surface area contributed by atoms with Gasteiger partial charge in [-0.1, -0.05) is 18.2 Å². The molecule has 0 spiro atoms. The fourth-order valence-electron chi connectivity index (χ4n) is 1.70. The van der Waals surface area contributed by atoms with E-state index in [1.54, 1.807) is 30.3 Å². The van der Waals surface area contributed by atoms with E-state index in [0.29, 0.717) is 23.7 Å². The van der Waals surface area contributed by atoms with E-state index in [0.717, 1.165) is 0 Å². The van der Waals surface area contributed by atoms with Crippen molar-refractivity contribution < 1.29 is 19.0 Å². The number of ether oxygens (including phenoxy) is 2. The predicted molar refractivity (Wildman–Crippen MR) is 70.0 cm³/mol. The Kier molecular flexibility index (Phi) is 4.36. The van der Waals surface area contributed by atoms with Crippen LogP contribution in [-0.4, -0.2) is 11.7 Å². The molecule has 0 aliphatic heterocycles. The van der Waals surface area contributed by atoms with E-state index in [2.05, 4.69) is 0 Å². The lowest BCUT2D eigenvalue weighted by Gasteiger charge is -2.11. The van der Waals surface area contributed by atoms with Crippen molar-refractivity contribution in [3.63, 3.8) is 0 Å². The van der Waals surface area contributed by atoms with E-state index in [9.17, 15) is 9.50 Å². The molecule has 2 rings (SSSR count). The Morgan fingerprint density at radius 1 is 1.11 bits per heavy atom. The monoisotopic (exact) mass is 262 g/mol. The Bertz CT molecular complexity index is 555. The zero-order chi connectivity index (χ0) is 13.7. The average molecular weight is 262 g/mol. The molecule has 100 valence electrons. The lowest BCUT2D eigenvalue weighted by molar-refractivity contribution is 0.274.